The molecule has 2 fully saturated rings. The van der Waals surface area contributed by atoms with E-state index in [1.54, 1.807) is 11.3 Å². The summed E-state index contributed by atoms with van der Waals surface area (Å²) in [4.78, 5) is 22.0. The second-order valence-corrected chi connectivity index (χ2v) is 7.77. The molecule has 1 aromatic heterocycles. The first-order chi connectivity index (χ1) is 12.8. The summed E-state index contributed by atoms with van der Waals surface area (Å²) in [6, 6.07) is 10.3. The zero-order chi connectivity index (χ0) is 17.8. The highest BCUT2D eigenvalue weighted by Gasteiger charge is 2.28. The molecule has 6 heteroatoms. The zero-order valence-corrected chi connectivity index (χ0v) is 15.8. The van der Waals surface area contributed by atoms with E-state index in [4.69, 9.17) is 9.72 Å². The van der Waals surface area contributed by atoms with Gasteiger partial charge >= 0.3 is 0 Å². The van der Waals surface area contributed by atoms with Crippen LogP contribution >= 0.6 is 11.3 Å². The molecule has 1 aromatic carbocycles. The first-order valence-corrected chi connectivity index (χ1v) is 10.3. The minimum atomic E-state index is 0.153. The van der Waals surface area contributed by atoms with E-state index in [-0.39, 0.29) is 5.92 Å². The largest absolute Gasteiger partial charge is 0.381 e. The highest BCUT2D eigenvalue weighted by molar-refractivity contribution is 7.14. The number of amides is 1. The van der Waals surface area contributed by atoms with Gasteiger partial charge < -0.3 is 14.5 Å². The van der Waals surface area contributed by atoms with Crippen LogP contribution in [0.15, 0.2) is 35.7 Å². The van der Waals surface area contributed by atoms with Crippen molar-refractivity contribution in [3.63, 3.8) is 0 Å². The van der Waals surface area contributed by atoms with E-state index in [9.17, 15) is 4.79 Å². The molecule has 138 valence electrons. The van der Waals surface area contributed by atoms with Crippen molar-refractivity contribution in [2.75, 3.05) is 44.3 Å². The number of nitrogens with zero attached hydrogens (tertiary/aromatic N) is 3. The molecule has 2 saturated heterocycles. The summed E-state index contributed by atoms with van der Waals surface area (Å²) in [6.07, 6.45) is 2.73. The second-order valence-electron chi connectivity index (χ2n) is 6.93. The summed E-state index contributed by atoms with van der Waals surface area (Å²) in [5, 5.41) is 3.18. The summed E-state index contributed by atoms with van der Waals surface area (Å²) >= 11 is 1.69. The summed E-state index contributed by atoms with van der Waals surface area (Å²) in [6.45, 7) is 4.89. The molecule has 0 N–H and O–H groups in total. The smallest absolute Gasteiger partial charge is 0.225 e. The molecule has 0 saturated carbocycles. The Hall–Kier alpha value is -1.92. The minimum absolute atomic E-state index is 0.153. The van der Waals surface area contributed by atoms with Crippen LogP contribution in [0.25, 0.3) is 11.3 Å². The molecule has 5 nitrogen and oxygen atoms in total. The van der Waals surface area contributed by atoms with Crippen molar-refractivity contribution in [3.8, 4) is 11.3 Å². The third-order valence-electron chi connectivity index (χ3n) is 5.21. The van der Waals surface area contributed by atoms with Gasteiger partial charge in [-0.3, -0.25) is 4.79 Å². The number of hydrogen-bond acceptors (Lipinski definition) is 5. The number of carbonyl (C=O) groups excluding carboxylic acids is 1. The van der Waals surface area contributed by atoms with E-state index in [1.807, 2.05) is 18.2 Å². The first kappa shape index (κ1) is 17.5. The Balaban J connectivity index is 1.39. The lowest BCUT2D eigenvalue weighted by molar-refractivity contribution is -0.138. The second kappa shape index (κ2) is 8.18. The lowest BCUT2D eigenvalue weighted by Crippen LogP contribution is -2.40. The average Bonchev–Trinajstić information content (AvgIpc) is 3.07. The van der Waals surface area contributed by atoms with Crippen LogP contribution in [0.5, 0.6) is 0 Å². The van der Waals surface area contributed by atoms with Gasteiger partial charge in [-0.15, -0.1) is 11.3 Å². The number of aromatic nitrogens is 1. The van der Waals surface area contributed by atoms with Crippen LogP contribution in [-0.2, 0) is 9.53 Å². The van der Waals surface area contributed by atoms with Gasteiger partial charge in [0.15, 0.2) is 5.13 Å². The topological polar surface area (TPSA) is 45.7 Å². The Kier molecular flexibility index (Phi) is 5.51. The minimum Gasteiger partial charge on any atom is -0.381 e. The fourth-order valence-corrected chi connectivity index (χ4v) is 4.57. The lowest BCUT2D eigenvalue weighted by Gasteiger charge is -2.28. The van der Waals surface area contributed by atoms with E-state index in [0.717, 1.165) is 75.0 Å². The third-order valence-corrected chi connectivity index (χ3v) is 6.11. The van der Waals surface area contributed by atoms with Crippen molar-refractivity contribution in [2.45, 2.75) is 19.3 Å². The van der Waals surface area contributed by atoms with E-state index in [1.165, 1.54) is 0 Å². The molecule has 3 heterocycles. The van der Waals surface area contributed by atoms with Crippen LogP contribution in [0.1, 0.15) is 19.3 Å². The number of carbonyl (C=O) groups is 1. The van der Waals surface area contributed by atoms with Gasteiger partial charge in [-0.25, -0.2) is 4.98 Å². The van der Waals surface area contributed by atoms with Crippen molar-refractivity contribution >= 4 is 22.4 Å². The van der Waals surface area contributed by atoms with Crippen LogP contribution in [0.4, 0.5) is 5.13 Å². The first-order valence-electron chi connectivity index (χ1n) is 9.44. The van der Waals surface area contributed by atoms with Crippen molar-refractivity contribution in [1.82, 2.24) is 9.88 Å². The number of benzene rings is 1. The molecule has 1 amide bonds. The summed E-state index contributed by atoms with van der Waals surface area (Å²) < 4.78 is 5.39. The Labute approximate surface area is 158 Å². The Morgan fingerprint density at radius 3 is 2.69 bits per heavy atom. The molecular formula is C20H25N3O2S. The lowest BCUT2D eigenvalue weighted by atomic mass is 9.98. The van der Waals surface area contributed by atoms with Gasteiger partial charge in [0.05, 0.1) is 5.69 Å². The summed E-state index contributed by atoms with van der Waals surface area (Å²) in [7, 11) is 0. The number of anilines is 1. The highest BCUT2D eigenvalue weighted by atomic mass is 32.1. The van der Waals surface area contributed by atoms with Crippen molar-refractivity contribution in [2.24, 2.45) is 5.92 Å². The fraction of sp³-hybridized carbons (Fsp3) is 0.500. The molecular weight excluding hydrogens is 346 g/mol. The molecule has 0 aliphatic carbocycles. The molecule has 0 unspecified atom stereocenters. The van der Waals surface area contributed by atoms with E-state index in [2.05, 4.69) is 27.3 Å². The molecule has 2 aliphatic heterocycles. The van der Waals surface area contributed by atoms with Crippen LogP contribution in [-0.4, -0.2) is 55.2 Å². The van der Waals surface area contributed by atoms with Crippen LogP contribution in [0, 0.1) is 5.92 Å². The van der Waals surface area contributed by atoms with Gasteiger partial charge in [0.25, 0.3) is 0 Å². The quantitative estimate of drug-likeness (QED) is 0.831. The van der Waals surface area contributed by atoms with E-state index < -0.39 is 0 Å². The predicted molar refractivity (Wildman–Crippen MR) is 105 cm³/mol. The fourth-order valence-electron chi connectivity index (χ4n) is 3.68. The van der Waals surface area contributed by atoms with Gasteiger partial charge in [0.1, 0.15) is 0 Å². The molecule has 2 aliphatic rings. The Morgan fingerprint density at radius 2 is 1.88 bits per heavy atom. The molecule has 0 bridgehead atoms. The molecule has 26 heavy (non-hydrogen) atoms. The van der Waals surface area contributed by atoms with Crippen LogP contribution in [0.3, 0.4) is 0 Å². The molecule has 0 atom stereocenters. The van der Waals surface area contributed by atoms with Crippen molar-refractivity contribution < 1.29 is 9.53 Å². The van der Waals surface area contributed by atoms with Gasteiger partial charge in [0, 0.05) is 56.3 Å². The van der Waals surface area contributed by atoms with Crippen molar-refractivity contribution in [3.05, 3.63) is 35.7 Å². The Morgan fingerprint density at radius 1 is 1.08 bits per heavy atom. The maximum Gasteiger partial charge on any atom is 0.225 e. The molecule has 0 spiro atoms. The van der Waals surface area contributed by atoms with Crippen molar-refractivity contribution in [1.29, 1.82) is 0 Å². The van der Waals surface area contributed by atoms with Crippen LogP contribution < -0.4 is 4.90 Å². The standard InChI is InChI=1S/C20H25N3O2S/c24-19(17-7-13-25-14-8-17)22-9-4-10-23(12-11-22)20-21-18(15-26-20)16-5-2-1-3-6-16/h1-3,5-6,15,17H,4,7-14H2. The van der Waals surface area contributed by atoms with Gasteiger partial charge in [-0.05, 0) is 19.3 Å². The van der Waals surface area contributed by atoms with Crippen LogP contribution in [0.2, 0.25) is 0 Å². The summed E-state index contributed by atoms with van der Waals surface area (Å²) in [5.41, 5.74) is 2.19. The summed E-state index contributed by atoms with van der Waals surface area (Å²) in [5.74, 6) is 0.471. The van der Waals surface area contributed by atoms with E-state index >= 15 is 0 Å². The maximum absolute atomic E-state index is 12.8. The number of hydrogen-bond donors (Lipinski definition) is 0. The average molecular weight is 372 g/mol. The van der Waals surface area contributed by atoms with Gasteiger partial charge in [0.2, 0.25) is 5.91 Å². The third kappa shape index (κ3) is 3.91. The number of thiazole rings is 1. The zero-order valence-electron chi connectivity index (χ0n) is 15.0. The maximum atomic E-state index is 12.8. The molecule has 0 radical (unpaired) electrons. The monoisotopic (exact) mass is 371 g/mol. The SMILES string of the molecule is O=C(C1CCOCC1)N1CCCN(c2nc(-c3ccccc3)cs2)CC1. The Bertz CT molecular complexity index is 728. The molecule has 4 rings (SSSR count). The number of rotatable bonds is 3. The number of ether oxygens (including phenoxy) is 1. The normalized spacial score (nSPS) is 19.4. The highest BCUT2D eigenvalue weighted by Crippen LogP contribution is 2.28. The van der Waals surface area contributed by atoms with E-state index in [0.29, 0.717) is 5.91 Å². The predicted octanol–water partition coefficient (Wildman–Crippen LogP) is 3.28. The van der Waals surface area contributed by atoms with Gasteiger partial charge in [-0.2, -0.15) is 0 Å². The van der Waals surface area contributed by atoms with Gasteiger partial charge in [-0.1, -0.05) is 30.3 Å². The molecule has 2 aromatic rings.